The van der Waals surface area contributed by atoms with Crippen molar-refractivity contribution in [3.8, 4) is 0 Å². The maximum Gasteiger partial charge on any atom is 0.240 e. The smallest absolute Gasteiger partial charge is 0.240 e. The monoisotopic (exact) mass is 389 g/mol. The lowest BCUT2D eigenvalue weighted by Crippen LogP contribution is -2.28. The highest BCUT2D eigenvalue weighted by Crippen LogP contribution is 2.21. The Morgan fingerprint density at radius 1 is 1.28 bits per heavy atom. The molecule has 1 amide bonds. The minimum Gasteiger partial charge on any atom is -0.302 e. The van der Waals surface area contributed by atoms with E-state index >= 15 is 0 Å². The number of anilines is 1. The molecule has 1 heterocycles. The predicted octanol–water partition coefficient (Wildman–Crippen LogP) is 2.85. The number of carbonyl (C=O) groups is 1. The first-order valence-corrected chi connectivity index (χ1v) is 9.75. The van der Waals surface area contributed by atoms with Gasteiger partial charge < -0.3 is 5.32 Å². The minimum atomic E-state index is -4.02. The van der Waals surface area contributed by atoms with Gasteiger partial charge in [0.05, 0.1) is 10.6 Å². The summed E-state index contributed by atoms with van der Waals surface area (Å²) in [6.07, 6.45) is -0.125. The Morgan fingerprint density at radius 2 is 2.00 bits per heavy atom. The number of nitrogens with one attached hydrogen (secondary N) is 2. The maximum absolute atomic E-state index is 13.1. The highest BCUT2D eigenvalue weighted by molar-refractivity contribution is 7.89. The molecule has 0 aliphatic heterocycles. The topological polar surface area (TPSA) is 88.2 Å². The fourth-order valence-corrected chi connectivity index (χ4v) is 3.75. The van der Waals surface area contributed by atoms with Crippen LogP contribution in [-0.4, -0.2) is 25.9 Å². The van der Waals surface area contributed by atoms with E-state index in [0.29, 0.717) is 11.2 Å². The zero-order valence-electron chi connectivity index (χ0n) is 13.5. The first kappa shape index (κ1) is 19.4. The molecular weight excluding hydrogens is 372 g/mol. The van der Waals surface area contributed by atoms with Crippen molar-refractivity contribution in [1.29, 1.82) is 0 Å². The number of aromatic nitrogens is 1. The van der Waals surface area contributed by atoms with Crippen molar-refractivity contribution in [3.05, 3.63) is 40.9 Å². The third-order valence-corrected chi connectivity index (χ3v) is 5.44. The highest BCUT2D eigenvalue weighted by atomic mass is 32.2. The Balaban J connectivity index is 1.88. The van der Waals surface area contributed by atoms with Crippen LogP contribution in [0.4, 0.5) is 13.9 Å². The highest BCUT2D eigenvalue weighted by Gasteiger charge is 2.17. The molecule has 0 bridgehead atoms. The molecule has 0 fully saturated rings. The molecule has 25 heavy (non-hydrogen) atoms. The zero-order chi connectivity index (χ0) is 18.6. The summed E-state index contributed by atoms with van der Waals surface area (Å²) in [4.78, 5) is 15.7. The van der Waals surface area contributed by atoms with Gasteiger partial charge in [-0.3, -0.25) is 4.79 Å². The summed E-state index contributed by atoms with van der Waals surface area (Å²) < 4.78 is 52.1. The number of amides is 1. The Labute approximate surface area is 148 Å². The van der Waals surface area contributed by atoms with Crippen LogP contribution in [-0.2, 0) is 14.8 Å². The van der Waals surface area contributed by atoms with Gasteiger partial charge in [0.1, 0.15) is 0 Å². The van der Waals surface area contributed by atoms with E-state index in [1.165, 1.54) is 11.3 Å². The summed E-state index contributed by atoms with van der Waals surface area (Å²) in [7, 11) is -4.02. The van der Waals surface area contributed by atoms with Crippen LogP contribution in [0, 0.1) is 11.6 Å². The van der Waals surface area contributed by atoms with E-state index < -0.39 is 32.5 Å². The standard InChI is InChI=1S/C15H17F2N3O3S2/c1-9(2)13-8-24-15(19-13)20-14(21)5-6-18-25(22,23)10-3-4-11(16)12(17)7-10/h3-4,7-9,18H,5-6H2,1-2H3,(H,19,20,21). The molecule has 0 saturated heterocycles. The van der Waals surface area contributed by atoms with Gasteiger partial charge in [-0.05, 0) is 24.1 Å². The molecular formula is C15H17F2N3O3S2. The molecule has 10 heteroatoms. The lowest BCUT2D eigenvalue weighted by atomic mass is 10.2. The van der Waals surface area contributed by atoms with E-state index in [1.807, 2.05) is 19.2 Å². The predicted molar refractivity (Wildman–Crippen MR) is 91.0 cm³/mol. The largest absolute Gasteiger partial charge is 0.302 e. The summed E-state index contributed by atoms with van der Waals surface area (Å²) in [5.41, 5.74) is 0.860. The van der Waals surface area contributed by atoms with Crippen molar-refractivity contribution in [2.45, 2.75) is 31.1 Å². The van der Waals surface area contributed by atoms with Crippen LogP contribution < -0.4 is 10.0 Å². The van der Waals surface area contributed by atoms with E-state index in [1.54, 1.807) is 0 Å². The minimum absolute atomic E-state index is 0.125. The van der Waals surface area contributed by atoms with Crippen molar-refractivity contribution < 1.29 is 22.0 Å². The molecule has 136 valence electrons. The summed E-state index contributed by atoms with van der Waals surface area (Å²) in [6.45, 7) is 3.77. The summed E-state index contributed by atoms with van der Waals surface area (Å²) >= 11 is 1.29. The van der Waals surface area contributed by atoms with Gasteiger partial charge in [0.2, 0.25) is 15.9 Å². The Morgan fingerprint density at radius 3 is 2.60 bits per heavy atom. The van der Waals surface area contributed by atoms with Gasteiger partial charge in [0, 0.05) is 18.3 Å². The molecule has 1 aromatic carbocycles. The number of sulfonamides is 1. The van der Waals surface area contributed by atoms with Gasteiger partial charge in [-0.2, -0.15) is 0 Å². The Kier molecular flexibility index (Phi) is 6.20. The lowest BCUT2D eigenvalue weighted by Gasteiger charge is -2.07. The second-order valence-electron chi connectivity index (χ2n) is 5.50. The van der Waals surface area contributed by atoms with Gasteiger partial charge in [-0.15, -0.1) is 11.3 Å². The summed E-state index contributed by atoms with van der Waals surface area (Å²) in [5.74, 6) is -2.56. The quantitative estimate of drug-likeness (QED) is 0.762. The molecule has 0 aliphatic rings. The third kappa shape index (κ3) is 5.28. The van der Waals surface area contributed by atoms with E-state index in [4.69, 9.17) is 0 Å². The second kappa shape index (κ2) is 7.98. The van der Waals surface area contributed by atoms with Crippen molar-refractivity contribution in [3.63, 3.8) is 0 Å². The number of hydrogen-bond donors (Lipinski definition) is 2. The second-order valence-corrected chi connectivity index (χ2v) is 8.13. The molecule has 1 aromatic heterocycles. The van der Waals surface area contributed by atoms with Crippen LogP contribution in [0.5, 0.6) is 0 Å². The molecule has 0 unspecified atom stereocenters. The van der Waals surface area contributed by atoms with Crippen LogP contribution in [0.2, 0.25) is 0 Å². The number of rotatable bonds is 7. The molecule has 0 spiro atoms. The van der Waals surface area contributed by atoms with Crippen LogP contribution in [0.15, 0.2) is 28.5 Å². The third-order valence-electron chi connectivity index (χ3n) is 3.21. The summed E-state index contributed by atoms with van der Waals surface area (Å²) in [5, 5.41) is 4.87. The lowest BCUT2D eigenvalue weighted by molar-refractivity contribution is -0.116. The number of nitrogens with zero attached hydrogens (tertiary/aromatic N) is 1. The van der Waals surface area contributed by atoms with E-state index in [-0.39, 0.29) is 18.9 Å². The Bertz CT molecular complexity index is 867. The maximum atomic E-state index is 13.1. The first-order valence-electron chi connectivity index (χ1n) is 7.39. The van der Waals surface area contributed by atoms with Crippen molar-refractivity contribution in [2.75, 3.05) is 11.9 Å². The van der Waals surface area contributed by atoms with Gasteiger partial charge >= 0.3 is 0 Å². The molecule has 0 radical (unpaired) electrons. The molecule has 2 N–H and O–H groups in total. The van der Waals surface area contributed by atoms with Crippen LogP contribution >= 0.6 is 11.3 Å². The zero-order valence-corrected chi connectivity index (χ0v) is 15.2. The molecule has 2 rings (SSSR count). The van der Waals surface area contributed by atoms with Gasteiger partial charge in [0.15, 0.2) is 16.8 Å². The van der Waals surface area contributed by atoms with Crippen molar-refractivity contribution in [1.82, 2.24) is 9.71 Å². The van der Waals surface area contributed by atoms with Crippen molar-refractivity contribution >= 4 is 32.4 Å². The van der Waals surface area contributed by atoms with E-state index in [9.17, 15) is 22.0 Å². The van der Waals surface area contributed by atoms with E-state index in [0.717, 1.165) is 17.8 Å². The van der Waals surface area contributed by atoms with Gasteiger partial charge in [-0.25, -0.2) is 26.9 Å². The normalized spacial score (nSPS) is 11.7. The molecule has 2 aromatic rings. The van der Waals surface area contributed by atoms with E-state index in [2.05, 4.69) is 15.0 Å². The summed E-state index contributed by atoms with van der Waals surface area (Å²) in [6, 6.07) is 2.26. The molecule has 0 atom stereocenters. The average Bonchev–Trinajstić information content (AvgIpc) is 2.98. The van der Waals surface area contributed by atoms with Crippen LogP contribution in [0.25, 0.3) is 0 Å². The first-order chi connectivity index (χ1) is 11.7. The van der Waals surface area contributed by atoms with Gasteiger partial charge in [0.25, 0.3) is 0 Å². The average molecular weight is 389 g/mol. The Hall–Kier alpha value is -1.91. The fraction of sp³-hybridized carbons (Fsp3) is 0.333. The number of halogens is 2. The SMILES string of the molecule is CC(C)c1csc(NC(=O)CCNS(=O)(=O)c2ccc(F)c(F)c2)n1. The number of carbonyl (C=O) groups excluding carboxylic acids is 1. The molecule has 6 nitrogen and oxygen atoms in total. The van der Waals surface area contributed by atoms with Gasteiger partial charge in [-0.1, -0.05) is 13.8 Å². The van der Waals surface area contributed by atoms with Crippen molar-refractivity contribution in [2.24, 2.45) is 0 Å². The fourth-order valence-electron chi connectivity index (χ4n) is 1.82. The van der Waals surface area contributed by atoms with Crippen LogP contribution in [0.1, 0.15) is 31.9 Å². The number of hydrogen-bond acceptors (Lipinski definition) is 5. The number of benzene rings is 1. The van der Waals surface area contributed by atoms with Crippen LogP contribution in [0.3, 0.4) is 0 Å². The number of thiazole rings is 1. The molecule has 0 saturated carbocycles. The molecule has 0 aliphatic carbocycles.